The summed E-state index contributed by atoms with van der Waals surface area (Å²) in [5.74, 6) is 0.739. The van der Waals surface area contributed by atoms with E-state index in [1.807, 2.05) is 40.8 Å². The number of amides is 1. The van der Waals surface area contributed by atoms with Crippen LogP contribution in [0.15, 0.2) is 33.5 Å². The first-order valence-corrected chi connectivity index (χ1v) is 9.22. The van der Waals surface area contributed by atoms with Crippen LogP contribution in [0.5, 0.6) is 0 Å². The lowest BCUT2D eigenvalue weighted by molar-refractivity contribution is 0.0709. The van der Waals surface area contributed by atoms with Crippen molar-refractivity contribution < 1.29 is 9.32 Å². The van der Waals surface area contributed by atoms with Crippen molar-refractivity contribution in [2.45, 2.75) is 25.8 Å². The number of carbonyl (C=O) groups is 1. The third-order valence-corrected chi connectivity index (χ3v) is 5.82. The SMILES string of the molecule is Cc1cc([C@H]2CCCN2C(=O)c2csc(-c3cccs3)n2)on1. The third-order valence-electron chi connectivity index (χ3n) is 3.94. The molecule has 0 aromatic carbocycles. The van der Waals surface area contributed by atoms with Crippen LogP contribution in [-0.2, 0) is 0 Å². The molecule has 1 saturated heterocycles. The Morgan fingerprint density at radius 1 is 1.43 bits per heavy atom. The largest absolute Gasteiger partial charge is 0.359 e. The van der Waals surface area contributed by atoms with Crippen LogP contribution in [0.4, 0.5) is 0 Å². The molecule has 0 radical (unpaired) electrons. The summed E-state index contributed by atoms with van der Waals surface area (Å²) in [6.45, 7) is 2.62. The van der Waals surface area contributed by atoms with E-state index in [4.69, 9.17) is 4.52 Å². The molecular weight excluding hydrogens is 330 g/mol. The number of hydrogen-bond donors (Lipinski definition) is 0. The molecule has 7 heteroatoms. The topological polar surface area (TPSA) is 59.2 Å². The maximum atomic E-state index is 12.8. The first-order chi connectivity index (χ1) is 11.2. The molecule has 3 aromatic heterocycles. The first-order valence-electron chi connectivity index (χ1n) is 7.46. The summed E-state index contributed by atoms with van der Waals surface area (Å²) in [5, 5.41) is 8.70. The van der Waals surface area contributed by atoms with E-state index in [9.17, 15) is 4.79 Å². The monoisotopic (exact) mass is 345 g/mol. The van der Waals surface area contributed by atoms with Gasteiger partial charge < -0.3 is 9.42 Å². The van der Waals surface area contributed by atoms with E-state index >= 15 is 0 Å². The first kappa shape index (κ1) is 14.6. The van der Waals surface area contributed by atoms with Gasteiger partial charge in [-0.25, -0.2) is 4.98 Å². The number of hydrogen-bond acceptors (Lipinski definition) is 6. The molecule has 1 amide bonds. The van der Waals surface area contributed by atoms with Crippen molar-refractivity contribution in [1.82, 2.24) is 15.0 Å². The summed E-state index contributed by atoms with van der Waals surface area (Å²) in [7, 11) is 0. The minimum Gasteiger partial charge on any atom is -0.359 e. The molecule has 1 aliphatic heterocycles. The highest BCUT2D eigenvalue weighted by Crippen LogP contribution is 2.34. The molecule has 0 N–H and O–H groups in total. The molecule has 0 spiro atoms. The van der Waals surface area contributed by atoms with Gasteiger partial charge in [0, 0.05) is 18.0 Å². The van der Waals surface area contributed by atoms with Crippen LogP contribution in [0.2, 0.25) is 0 Å². The fraction of sp³-hybridized carbons (Fsp3) is 0.312. The zero-order valence-electron chi connectivity index (χ0n) is 12.6. The summed E-state index contributed by atoms with van der Waals surface area (Å²) >= 11 is 3.14. The number of rotatable bonds is 3. The molecular formula is C16H15N3O2S2. The second kappa shape index (κ2) is 5.90. The molecule has 1 aliphatic rings. The van der Waals surface area contributed by atoms with Crippen LogP contribution in [-0.4, -0.2) is 27.5 Å². The van der Waals surface area contributed by atoms with Gasteiger partial charge >= 0.3 is 0 Å². The Bertz CT molecular complexity index is 822. The normalized spacial score (nSPS) is 17.8. The van der Waals surface area contributed by atoms with Crippen molar-refractivity contribution >= 4 is 28.6 Å². The summed E-state index contributed by atoms with van der Waals surface area (Å²) in [5.41, 5.74) is 1.36. The maximum absolute atomic E-state index is 12.8. The molecule has 0 aliphatic carbocycles. The molecule has 5 nitrogen and oxygen atoms in total. The highest BCUT2D eigenvalue weighted by molar-refractivity contribution is 7.20. The summed E-state index contributed by atoms with van der Waals surface area (Å²) in [6, 6.07) is 5.89. The van der Waals surface area contributed by atoms with Crippen LogP contribution in [0, 0.1) is 6.92 Å². The lowest BCUT2D eigenvalue weighted by Crippen LogP contribution is -2.30. The van der Waals surface area contributed by atoms with Gasteiger partial charge in [-0.15, -0.1) is 22.7 Å². The van der Waals surface area contributed by atoms with Gasteiger partial charge in [0.2, 0.25) is 0 Å². The molecule has 118 valence electrons. The van der Waals surface area contributed by atoms with E-state index in [1.165, 1.54) is 11.3 Å². The quantitative estimate of drug-likeness (QED) is 0.715. The van der Waals surface area contributed by atoms with Crippen molar-refractivity contribution in [3.63, 3.8) is 0 Å². The summed E-state index contributed by atoms with van der Waals surface area (Å²) in [6.07, 6.45) is 1.88. The van der Waals surface area contributed by atoms with Crippen molar-refractivity contribution in [2.75, 3.05) is 6.54 Å². The Morgan fingerprint density at radius 2 is 2.35 bits per heavy atom. The van der Waals surface area contributed by atoms with E-state index in [1.54, 1.807) is 11.3 Å². The molecule has 0 saturated carbocycles. The van der Waals surface area contributed by atoms with Crippen LogP contribution in [0.1, 0.15) is 40.8 Å². The molecule has 23 heavy (non-hydrogen) atoms. The number of thiophene rings is 1. The minimum atomic E-state index is -0.0319. The Labute approximate surface area is 141 Å². The number of carbonyl (C=O) groups excluding carboxylic acids is 1. The number of likely N-dealkylation sites (tertiary alicyclic amines) is 1. The minimum absolute atomic E-state index is 0.0272. The van der Waals surface area contributed by atoms with Gasteiger partial charge in [0.15, 0.2) is 5.76 Å². The third kappa shape index (κ3) is 2.70. The van der Waals surface area contributed by atoms with E-state index < -0.39 is 0 Å². The van der Waals surface area contributed by atoms with Gasteiger partial charge in [0.05, 0.1) is 16.6 Å². The number of thiazole rings is 1. The zero-order valence-corrected chi connectivity index (χ0v) is 14.2. The number of nitrogens with zero attached hydrogens (tertiary/aromatic N) is 3. The summed E-state index contributed by atoms with van der Waals surface area (Å²) < 4.78 is 5.37. The number of aryl methyl sites for hydroxylation is 1. The van der Waals surface area contributed by atoms with Gasteiger partial charge in [-0.1, -0.05) is 11.2 Å². The average Bonchev–Trinajstić information content (AvgIpc) is 3.31. The second-order valence-electron chi connectivity index (χ2n) is 5.54. The van der Waals surface area contributed by atoms with Crippen LogP contribution < -0.4 is 0 Å². The maximum Gasteiger partial charge on any atom is 0.273 e. The second-order valence-corrected chi connectivity index (χ2v) is 7.35. The Balaban J connectivity index is 1.58. The fourth-order valence-electron chi connectivity index (χ4n) is 2.88. The van der Waals surface area contributed by atoms with Gasteiger partial charge in [0.1, 0.15) is 10.7 Å². The van der Waals surface area contributed by atoms with Crippen LogP contribution >= 0.6 is 22.7 Å². The highest BCUT2D eigenvalue weighted by atomic mass is 32.1. The Hall–Kier alpha value is -1.99. The van der Waals surface area contributed by atoms with E-state index in [-0.39, 0.29) is 11.9 Å². The lowest BCUT2D eigenvalue weighted by atomic mass is 10.1. The summed E-state index contributed by atoms with van der Waals surface area (Å²) in [4.78, 5) is 20.3. The van der Waals surface area contributed by atoms with Crippen molar-refractivity contribution in [2.24, 2.45) is 0 Å². The van der Waals surface area contributed by atoms with E-state index in [2.05, 4.69) is 10.1 Å². The predicted octanol–water partition coefficient (Wildman–Crippen LogP) is 4.15. The Kier molecular flexibility index (Phi) is 3.74. The molecule has 0 unspecified atom stereocenters. The van der Waals surface area contributed by atoms with Gasteiger partial charge in [-0.3, -0.25) is 4.79 Å². The zero-order chi connectivity index (χ0) is 15.8. The predicted molar refractivity (Wildman–Crippen MR) is 89.7 cm³/mol. The van der Waals surface area contributed by atoms with Crippen LogP contribution in [0.25, 0.3) is 9.88 Å². The molecule has 3 aromatic rings. The van der Waals surface area contributed by atoms with Crippen LogP contribution in [0.3, 0.4) is 0 Å². The fourth-order valence-corrected chi connectivity index (χ4v) is 4.49. The molecule has 1 fully saturated rings. The lowest BCUT2D eigenvalue weighted by Gasteiger charge is -2.21. The smallest absolute Gasteiger partial charge is 0.273 e. The Morgan fingerprint density at radius 3 is 3.09 bits per heavy atom. The van der Waals surface area contributed by atoms with Crippen molar-refractivity contribution in [3.8, 4) is 9.88 Å². The molecule has 0 bridgehead atoms. The van der Waals surface area contributed by atoms with E-state index in [0.29, 0.717) is 5.69 Å². The molecule has 4 heterocycles. The van der Waals surface area contributed by atoms with Gasteiger partial charge in [-0.2, -0.15) is 0 Å². The average molecular weight is 345 g/mol. The molecule has 1 atom stereocenters. The highest BCUT2D eigenvalue weighted by Gasteiger charge is 2.34. The standard InChI is InChI=1S/C16H15N3O2S2/c1-10-8-13(21-18-10)12-4-2-6-19(12)16(20)11-9-23-15(17-11)14-5-3-7-22-14/h3,5,7-9,12H,2,4,6H2,1H3/t12-/m1/s1. The number of aromatic nitrogens is 2. The van der Waals surface area contributed by atoms with Crippen molar-refractivity contribution in [3.05, 3.63) is 46.1 Å². The van der Waals surface area contributed by atoms with Gasteiger partial charge in [0.25, 0.3) is 5.91 Å². The van der Waals surface area contributed by atoms with Crippen molar-refractivity contribution in [1.29, 1.82) is 0 Å². The molecule has 4 rings (SSSR count). The van der Waals surface area contributed by atoms with Gasteiger partial charge in [-0.05, 0) is 31.2 Å². The van der Waals surface area contributed by atoms with E-state index in [0.717, 1.165) is 40.7 Å².